The molecule has 0 aliphatic carbocycles. The lowest BCUT2D eigenvalue weighted by molar-refractivity contribution is 0.647. The molecule has 0 radical (unpaired) electrons. The summed E-state index contributed by atoms with van der Waals surface area (Å²) in [6.45, 7) is 18.8. The molecule has 92 heavy (non-hydrogen) atoms. The molecule has 0 saturated heterocycles. The predicted molar refractivity (Wildman–Crippen MR) is 395 cm³/mol. The first-order valence-corrected chi connectivity index (χ1v) is 32.5. The van der Waals surface area contributed by atoms with Crippen LogP contribution in [0.3, 0.4) is 0 Å². The summed E-state index contributed by atoms with van der Waals surface area (Å²) in [6.07, 6.45) is 4.49. The lowest BCUT2D eigenvalue weighted by Crippen LogP contribution is -2.21. The Hall–Kier alpha value is -10.5. The maximum absolute atomic E-state index is 2.49. The van der Waals surface area contributed by atoms with E-state index >= 15 is 0 Å². The average Bonchev–Trinajstić information content (AvgIpc) is 0.818. The van der Waals surface area contributed by atoms with Gasteiger partial charge in [0.25, 0.3) is 0 Å². The highest BCUT2D eigenvalue weighted by molar-refractivity contribution is 6.09. The monoisotopic (exact) mass is 1190 g/mol. The summed E-state index contributed by atoms with van der Waals surface area (Å²) in [4.78, 5) is 4.98. The van der Waals surface area contributed by atoms with E-state index in [1.807, 2.05) is 0 Å². The van der Waals surface area contributed by atoms with E-state index in [0.29, 0.717) is 0 Å². The Bertz CT molecular complexity index is 4410. The number of anilines is 6. The maximum atomic E-state index is 2.49. The summed E-state index contributed by atoms with van der Waals surface area (Å²) in [5, 5.41) is 9.77. The SMILES string of the molecule is CC(C)(c1ccccc1)c1ccc(N(c2ccc(C=Cc3ccc(N(c4ccc(C(C)(C)c5ccccc5)c5ccccc45)c4ccc(C(C)(C)c5ccccc5)c5ccccc45)cc3)cc2)c2ccc(C(C)(C)c3ccccc3)c3ccccc23)c2ccccc12. The highest BCUT2D eigenvalue weighted by Gasteiger charge is 2.32. The standard InChI is InChI=1S/C90H78N2/c1-87(2,65-29-13-9-14-30-65)79-55-59-83(75-41-25-21-37-71(75)79)91(84-60-56-80(72-38-22-26-42-76(72)84)88(3,4)66-31-15-10-16-32-66)69-51-47-63(48-52-69)45-46-64-49-53-70(54-50-64)92(85-61-57-81(73-39-23-27-43-77(73)85)89(5,6)67-33-17-11-18-34-67)86-62-58-82(74-40-24-28-44-78(74)86)90(7,8)68-35-19-12-20-36-68/h9-62H,1-8H3. The van der Waals surface area contributed by atoms with E-state index in [1.54, 1.807) is 0 Å². The van der Waals surface area contributed by atoms with Gasteiger partial charge in [0.2, 0.25) is 0 Å². The minimum absolute atomic E-state index is 0.237. The quantitative estimate of drug-likeness (QED) is 0.0890. The van der Waals surface area contributed by atoms with E-state index < -0.39 is 0 Å². The number of hydrogen-bond acceptors (Lipinski definition) is 2. The number of hydrogen-bond donors (Lipinski definition) is 0. The number of rotatable bonds is 16. The van der Waals surface area contributed by atoms with Crippen molar-refractivity contribution >= 4 is 89.4 Å². The molecule has 0 amide bonds. The molecule has 14 aromatic carbocycles. The minimum atomic E-state index is -0.237. The van der Waals surface area contributed by atoms with Crippen LogP contribution in [0.25, 0.3) is 55.2 Å². The van der Waals surface area contributed by atoms with E-state index in [1.165, 1.54) is 87.6 Å². The van der Waals surface area contributed by atoms with E-state index in [2.05, 4.69) is 393 Å². The van der Waals surface area contributed by atoms with Crippen molar-refractivity contribution in [1.82, 2.24) is 0 Å². The van der Waals surface area contributed by atoms with Gasteiger partial charge in [0, 0.05) is 54.6 Å². The van der Waals surface area contributed by atoms with Crippen LogP contribution in [0.15, 0.2) is 315 Å². The number of nitrogens with zero attached hydrogens (tertiary/aromatic N) is 2. The zero-order valence-corrected chi connectivity index (χ0v) is 54.1. The van der Waals surface area contributed by atoms with Crippen molar-refractivity contribution < 1.29 is 0 Å². The molecule has 0 saturated carbocycles. The van der Waals surface area contributed by atoms with Crippen LogP contribution in [0, 0.1) is 0 Å². The highest BCUT2D eigenvalue weighted by Crippen LogP contribution is 2.50. The fourth-order valence-corrected chi connectivity index (χ4v) is 14.6. The second-order valence-electron chi connectivity index (χ2n) is 26.9. The van der Waals surface area contributed by atoms with Crippen molar-refractivity contribution in [1.29, 1.82) is 0 Å². The normalized spacial score (nSPS) is 12.3. The summed E-state index contributed by atoms with van der Waals surface area (Å²) in [7, 11) is 0. The van der Waals surface area contributed by atoms with Gasteiger partial charge in [0.1, 0.15) is 0 Å². The Balaban J connectivity index is 0.856. The van der Waals surface area contributed by atoms with Crippen molar-refractivity contribution in [2.75, 3.05) is 9.80 Å². The summed E-state index contributed by atoms with van der Waals surface area (Å²) in [5.74, 6) is 0. The summed E-state index contributed by atoms with van der Waals surface area (Å²) < 4.78 is 0. The number of fused-ring (bicyclic) bond motifs is 4. The molecule has 0 atom stereocenters. The molecule has 0 unspecified atom stereocenters. The molecule has 0 N–H and O–H groups in total. The Kier molecular flexibility index (Phi) is 15.4. The van der Waals surface area contributed by atoms with Crippen molar-refractivity contribution in [3.8, 4) is 0 Å². The molecule has 0 bridgehead atoms. The van der Waals surface area contributed by atoms with Gasteiger partial charge in [0.15, 0.2) is 0 Å². The van der Waals surface area contributed by atoms with Crippen molar-refractivity contribution in [2.24, 2.45) is 0 Å². The van der Waals surface area contributed by atoms with E-state index in [0.717, 1.165) is 45.3 Å². The van der Waals surface area contributed by atoms with Gasteiger partial charge >= 0.3 is 0 Å². The topological polar surface area (TPSA) is 6.48 Å². The average molecular weight is 1190 g/mol. The third-order valence-corrected chi connectivity index (χ3v) is 20.0. The third-order valence-electron chi connectivity index (χ3n) is 20.0. The molecule has 0 aromatic heterocycles. The van der Waals surface area contributed by atoms with Crippen LogP contribution in [-0.2, 0) is 21.7 Å². The minimum Gasteiger partial charge on any atom is -0.309 e. The maximum Gasteiger partial charge on any atom is 0.0540 e. The Morgan fingerprint density at radius 2 is 0.391 bits per heavy atom. The summed E-state index contributed by atoms with van der Waals surface area (Å²) in [6, 6.07) is 117. The van der Waals surface area contributed by atoms with Crippen LogP contribution in [0.1, 0.15) is 111 Å². The lowest BCUT2D eigenvalue weighted by atomic mass is 9.75. The zero-order valence-electron chi connectivity index (χ0n) is 54.1. The fourth-order valence-electron chi connectivity index (χ4n) is 14.6. The van der Waals surface area contributed by atoms with Gasteiger partial charge in [-0.05, 0) is 126 Å². The molecular weight excluding hydrogens is 1110 g/mol. The van der Waals surface area contributed by atoms with Crippen LogP contribution in [0.5, 0.6) is 0 Å². The van der Waals surface area contributed by atoms with Crippen LogP contribution < -0.4 is 9.80 Å². The fraction of sp³-hybridized carbons (Fsp3) is 0.133. The molecule has 2 heteroatoms. The molecule has 448 valence electrons. The second kappa shape index (κ2) is 24.0. The first kappa shape index (κ1) is 59.1. The summed E-state index contributed by atoms with van der Waals surface area (Å²) in [5.41, 5.74) is 18.3. The first-order chi connectivity index (χ1) is 44.7. The number of benzene rings is 14. The first-order valence-electron chi connectivity index (χ1n) is 32.5. The molecule has 0 heterocycles. The third kappa shape index (κ3) is 10.6. The van der Waals surface area contributed by atoms with Crippen LogP contribution in [-0.4, -0.2) is 0 Å². The van der Waals surface area contributed by atoms with Crippen LogP contribution in [0.2, 0.25) is 0 Å². The van der Waals surface area contributed by atoms with E-state index in [-0.39, 0.29) is 21.7 Å². The molecule has 0 fully saturated rings. The van der Waals surface area contributed by atoms with Crippen LogP contribution >= 0.6 is 0 Å². The Labute approximate surface area is 544 Å². The van der Waals surface area contributed by atoms with Gasteiger partial charge in [-0.3, -0.25) is 0 Å². The molecular formula is C90H78N2. The van der Waals surface area contributed by atoms with Crippen molar-refractivity contribution in [2.45, 2.75) is 77.0 Å². The molecule has 0 aliphatic rings. The van der Waals surface area contributed by atoms with Gasteiger partial charge in [0.05, 0.1) is 22.7 Å². The molecule has 14 rings (SSSR count). The van der Waals surface area contributed by atoms with Crippen molar-refractivity contribution in [3.63, 3.8) is 0 Å². The van der Waals surface area contributed by atoms with Crippen molar-refractivity contribution in [3.05, 3.63) is 371 Å². The lowest BCUT2D eigenvalue weighted by Gasteiger charge is -2.33. The molecule has 14 aromatic rings. The second-order valence-corrected chi connectivity index (χ2v) is 26.9. The zero-order chi connectivity index (χ0) is 63.2. The predicted octanol–water partition coefficient (Wildman–Crippen LogP) is 24.7. The Morgan fingerprint density at radius 1 is 0.196 bits per heavy atom. The molecule has 0 spiro atoms. The summed E-state index contributed by atoms with van der Waals surface area (Å²) >= 11 is 0. The Morgan fingerprint density at radius 3 is 0.609 bits per heavy atom. The van der Waals surface area contributed by atoms with Gasteiger partial charge in [-0.2, -0.15) is 0 Å². The molecule has 0 aliphatic heterocycles. The molecule has 2 nitrogen and oxygen atoms in total. The van der Waals surface area contributed by atoms with Gasteiger partial charge < -0.3 is 9.80 Å². The van der Waals surface area contributed by atoms with E-state index in [4.69, 9.17) is 0 Å². The van der Waals surface area contributed by atoms with E-state index in [9.17, 15) is 0 Å². The van der Waals surface area contributed by atoms with Gasteiger partial charge in [-0.15, -0.1) is 0 Å². The van der Waals surface area contributed by atoms with Gasteiger partial charge in [-0.1, -0.05) is 334 Å². The van der Waals surface area contributed by atoms with Gasteiger partial charge in [-0.25, -0.2) is 0 Å². The van der Waals surface area contributed by atoms with Crippen LogP contribution in [0.4, 0.5) is 34.1 Å². The highest BCUT2D eigenvalue weighted by atomic mass is 15.2. The smallest absolute Gasteiger partial charge is 0.0540 e. The largest absolute Gasteiger partial charge is 0.309 e.